The molecule has 0 spiro atoms. The fourth-order valence-electron chi connectivity index (χ4n) is 1.86. The number of rotatable bonds is 8. The predicted octanol–water partition coefficient (Wildman–Crippen LogP) is 2.76. The van der Waals surface area contributed by atoms with Crippen molar-refractivity contribution < 1.29 is 14.3 Å². The van der Waals surface area contributed by atoms with E-state index in [-0.39, 0.29) is 5.91 Å². The molecule has 0 aliphatic carbocycles. The van der Waals surface area contributed by atoms with Gasteiger partial charge in [0.2, 0.25) is 5.88 Å². The normalized spacial score (nSPS) is 10.3. The van der Waals surface area contributed by atoms with Gasteiger partial charge in [0, 0.05) is 36.4 Å². The molecule has 1 amide bonds. The maximum Gasteiger partial charge on any atom is 0.251 e. The Labute approximate surface area is 140 Å². The van der Waals surface area contributed by atoms with Crippen LogP contribution >= 0.6 is 11.8 Å². The molecule has 23 heavy (non-hydrogen) atoms. The first-order valence-electron chi connectivity index (χ1n) is 7.22. The van der Waals surface area contributed by atoms with Gasteiger partial charge in [-0.3, -0.25) is 4.79 Å². The van der Waals surface area contributed by atoms with Crippen LogP contribution in [0.5, 0.6) is 5.88 Å². The number of carbonyl (C=O) groups excluding carboxylic acids is 1. The summed E-state index contributed by atoms with van der Waals surface area (Å²) in [6, 6.07) is 11.2. The van der Waals surface area contributed by atoms with Crippen molar-refractivity contribution in [2.24, 2.45) is 0 Å². The minimum absolute atomic E-state index is 0.0990. The number of pyridine rings is 1. The SMILES string of the molecule is COCCOc1ccc(CNC(=O)c2ccc(SC)cc2)cn1. The van der Waals surface area contributed by atoms with Gasteiger partial charge in [0.05, 0.1) is 6.61 Å². The first-order chi connectivity index (χ1) is 11.2. The van der Waals surface area contributed by atoms with Gasteiger partial charge in [-0.1, -0.05) is 6.07 Å². The summed E-state index contributed by atoms with van der Waals surface area (Å²) in [6.45, 7) is 1.41. The van der Waals surface area contributed by atoms with Crippen LogP contribution in [0.15, 0.2) is 47.5 Å². The van der Waals surface area contributed by atoms with Crippen molar-refractivity contribution in [3.63, 3.8) is 0 Å². The van der Waals surface area contributed by atoms with Gasteiger partial charge in [-0.2, -0.15) is 0 Å². The van der Waals surface area contributed by atoms with Gasteiger partial charge in [-0.05, 0) is 36.1 Å². The highest BCUT2D eigenvalue weighted by atomic mass is 32.2. The lowest BCUT2D eigenvalue weighted by molar-refractivity contribution is 0.0951. The van der Waals surface area contributed by atoms with Crippen LogP contribution in [0.3, 0.4) is 0 Å². The molecule has 2 rings (SSSR count). The van der Waals surface area contributed by atoms with E-state index >= 15 is 0 Å². The Morgan fingerprint density at radius 1 is 1.17 bits per heavy atom. The number of carbonyl (C=O) groups is 1. The summed E-state index contributed by atoms with van der Waals surface area (Å²) >= 11 is 1.65. The van der Waals surface area contributed by atoms with Gasteiger partial charge in [-0.25, -0.2) is 4.98 Å². The largest absolute Gasteiger partial charge is 0.475 e. The molecule has 1 aromatic carbocycles. The van der Waals surface area contributed by atoms with Crippen LogP contribution in [0.1, 0.15) is 15.9 Å². The molecule has 0 aliphatic rings. The highest BCUT2D eigenvalue weighted by Crippen LogP contribution is 2.15. The lowest BCUT2D eigenvalue weighted by atomic mass is 10.2. The van der Waals surface area contributed by atoms with Crippen molar-refractivity contribution in [3.05, 3.63) is 53.7 Å². The van der Waals surface area contributed by atoms with Crippen LogP contribution < -0.4 is 10.1 Å². The molecule has 122 valence electrons. The van der Waals surface area contributed by atoms with Crippen LogP contribution in [0, 0.1) is 0 Å². The first-order valence-corrected chi connectivity index (χ1v) is 8.44. The molecule has 0 bridgehead atoms. The molecular weight excluding hydrogens is 312 g/mol. The number of hydrogen-bond donors (Lipinski definition) is 1. The van der Waals surface area contributed by atoms with Crippen LogP contribution in [-0.2, 0) is 11.3 Å². The third-order valence-corrected chi connectivity index (χ3v) is 3.88. The Balaban J connectivity index is 1.83. The third-order valence-electron chi connectivity index (χ3n) is 3.14. The van der Waals surface area contributed by atoms with Crippen molar-refractivity contribution in [1.82, 2.24) is 10.3 Å². The fraction of sp³-hybridized carbons (Fsp3) is 0.294. The molecule has 2 aromatic rings. The number of aromatic nitrogens is 1. The zero-order chi connectivity index (χ0) is 16.5. The smallest absolute Gasteiger partial charge is 0.251 e. The molecule has 0 radical (unpaired) electrons. The van der Waals surface area contributed by atoms with E-state index in [0.29, 0.717) is 31.2 Å². The molecule has 6 heteroatoms. The molecule has 0 aliphatic heterocycles. The summed E-state index contributed by atoms with van der Waals surface area (Å²) in [5.74, 6) is 0.447. The lowest BCUT2D eigenvalue weighted by Gasteiger charge is -2.07. The molecule has 1 heterocycles. The number of nitrogens with one attached hydrogen (secondary N) is 1. The van der Waals surface area contributed by atoms with E-state index in [4.69, 9.17) is 9.47 Å². The van der Waals surface area contributed by atoms with Gasteiger partial charge < -0.3 is 14.8 Å². The summed E-state index contributed by atoms with van der Waals surface area (Å²) in [7, 11) is 1.62. The standard InChI is InChI=1S/C17H20N2O3S/c1-21-9-10-22-16-8-3-13(11-18-16)12-19-17(20)14-4-6-15(23-2)7-5-14/h3-8,11H,9-10,12H2,1-2H3,(H,19,20). The van der Waals surface area contributed by atoms with Gasteiger partial charge in [0.25, 0.3) is 5.91 Å². The van der Waals surface area contributed by atoms with Crippen molar-refractivity contribution >= 4 is 17.7 Å². The first kappa shape index (κ1) is 17.3. The van der Waals surface area contributed by atoms with E-state index < -0.39 is 0 Å². The average molecular weight is 332 g/mol. The maximum absolute atomic E-state index is 12.1. The van der Waals surface area contributed by atoms with Crippen LogP contribution in [0.4, 0.5) is 0 Å². The highest BCUT2D eigenvalue weighted by molar-refractivity contribution is 7.98. The molecule has 0 fully saturated rings. The Morgan fingerprint density at radius 2 is 1.96 bits per heavy atom. The number of hydrogen-bond acceptors (Lipinski definition) is 5. The van der Waals surface area contributed by atoms with Crippen molar-refractivity contribution in [3.8, 4) is 5.88 Å². The van der Waals surface area contributed by atoms with Crippen molar-refractivity contribution in [1.29, 1.82) is 0 Å². The van der Waals surface area contributed by atoms with E-state index in [1.54, 1.807) is 31.1 Å². The lowest BCUT2D eigenvalue weighted by Crippen LogP contribution is -2.22. The third kappa shape index (κ3) is 5.58. The van der Waals surface area contributed by atoms with Gasteiger partial charge >= 0.3 is 0 Å². The Kier molecular flexibility index (Phi) is 6.90. The minimum Gasteiger partial charge on any atom is -0.475 e. The molecule has 1 aromatic heterocycles. The van der Waals surface area contributed by atoms with E-state index in [9.17, 15) is 4.79 Å². The van der Waals surface area contributed by atoms with E-state index in [2.05, 4.69) is 10.3 Å². The molecule has 0 saturated heterocycles. The second-order valence-electron chi connectivity index (χ2n) is 4.76. The van der Waals surface area contributed by atoms with Gasteiger partial charge in [0.15, 0.2) is 0 Å². The maximum atomic E-state index is 12.1. The molecule has 5 nitrogen and oxygen atoms in total. The summed E-state index contributed by atoms with van der Waals surface area (Å²) in [6.07, 6.45) is 3.70. The van der Waals surface area contributed by atoms with Crippen LogP contribution in [0.2, 0.25) is 0 Å². The zero-order valence-electron chi connectivity index (χ0n) is 13.2. The topological polar surface area (TPSA) is 60.5 Å². The molecule has 0 unspecified atom stereocenters. The quantitative estimate of drug-likeness (QED) is 0.595. The van der Waals surface area contributed by atoms with Crippen molar-refractivity contribution in [2.45, 2.75) is 11.4 Å². The molecule has 0 atom stereocenters. The van der Waals surface area contributed by atoms with E-state index in [1.807, 2.05) is 36.6 Å². The van der Waals surface area contributed by atoms with Gasteiger partial charge in [-0.15, -0.1) is 11.8 Å². The highest BCUT2D eigenvalue weighted by Gasteiger charge is 2.05. The predicted molar refractivity (Wildman–Crippen MR) is 91.0 cm³/mol. The number of methoxy groups -OCH3 is 1. The monoisotopic (exact) mass is 332 g/mol. The van der Waals surface area contributed by atoms with E-state index in [1.165, 1.54) is 0 Å². The average Bonchev–Trinajstić information content (AvgIpc) is 2.61. The summed E-state index contributed by atoms with van der Waals surface area (Å²) in [5.41, 5.74) is 1.56. The van der Waals surface area contributed by atoms with Crippen LogP contribution in [-0.4, -0.2) is 37.5 Å². The summed E-state index contributed by atoms with van der Waals surface area (Å²) in [4.78, 5) is 17.4. The minimum atomic E-state index is -0.0990. The fourth-order valence-corrected chi connectivity index (χ4v) is 2.27. The second kappa shape index (κ2) is 9.17. The number of nitrogens with zero attached hydrogens (tertiary/aromatic N) is 1. The Bertz CT molecular complexity index is 615. The van der Waals surface area contributed by atoms with Crippen molar-refractivity contribution in [2.75, 3.05) is 26.6 Å². The Hall–Kier alpha value is -2.05. The molecule has 0 saturated carbocycles. The number of amides is 1. The molecule has 1 N–H and O–H groups in total. The second-order valence-corrected chi connectivity index (χ2v) is 5.64. The number of ether oxygens (including phenoxy) is 2. The summed E-state index contributed by atoms with van der Waals surface area (Å²) in [5, 5.41) is 2.88. The van der Waals surface area contributed by atoms with Crippen LogP contribution in [0.25, 0.3) is 0 Å². The number of thioether (sulfide) groups is 1. The summed E-state index contributed by atoms with van der Waals surface area (Å²) < 4.78 is 10.3. The van der Waals surface area contributed by atoms with E-state index in [0.717, 1.165) is 10.5 Å². The zero-order valence-corrected chi connectivity index (χ0v) is 14.1. The Morgan fingerprint density at radius 3 is 2.57 bits per heavy atom. The number of benzene rings is 1. The molecular formula is C17H20N2O3S. The van der Waals surface area contributed by atoms with Gasteiger partial charge in [0.1, 0.15) is 6.61 Å².